The fourth-order valence-electron chi connectivity index (χ4n) is 10.2. The second kappa shape index (κ2) is 26.9. The van der Waals surface area contributed by atoms with Crippen LogP contribution < -0.4 is 32.8 Å². The molecule has 0 aliphatic heterocycles. The Morgan fingerprint density at radius 1 is 0.219 bits per heavy atom. The minimum Gasteiger partial charge on any atom is -0.374 e. The maximum atomic E-state index is 16.2. The molecule has 0 heterocycles. The lowest BCUT2D eigenvalue weighted by Gasteiger charge is -2.37. The van der Waals surface area contributed by atoms with Gasteiger partial charge in [0, 0.05) is 9.79 Å². The fourth-order valence-corrected chi connectivity index (χ4v) is 13.2. The van der Waals surface area contributed by atoms with Gasteiger partial charge < -0.3 is 4.76 Å². The van der Waals surface area contributed by atoms with Gasteiger partial charge in [-0.2, -0.15) is 0 Å². The zero-order valence-electron chi connectivity index (χ0n) is 45.7. The van der Waals surface area contributed by atoms with Gasteiger partial charge in [0.15, 0.2) is 119 Å². The summed E-state index contributed by atoms with van der Waals surface area (Å²) < 4.78 is 465. The second-order valence-electron chi connectivity index (χ2n) is 19.7. The molecule has 96 heavy (non-hydrogen) atoms. The first-order valence-electron chi connectivity index (χ1n) is 25.7. The summed E-state index contributed by atoms with van der Waals surface area (Å²) in [5.41, 5.74) is -24.1. The zero-order valence-corrected chi connectivity index (χ0v) is 47.4. The van der Waals surface area contributed by atoms with E-state index in [4.69, 9.17) is 0 Å². The Hall–Kier alpha value is -9.58. The zero-order chi connectivity index (χ0) is 70.8. The van der Waals surface area contributed by atoms with E-state index in [2.05, 4.69) is 120 Å². The molecule has 0 aliphatic carbocycles. The monoisotopic (exact) mass is 1420 g/mol. The Kier molecular flexibility index (Phi) is 19.8. The SMILES string of the molecule is Fc1c(F)c(F)c([B-](C#[N+][B-](c2c(F)c(F)c(F)c(F)c2F)(c2c(F)c(F)c(F)c(F)c2F)c2c(F)c(F)c(F)c(F)c2F)(c2c(F)c(F)c(F)c(F)c2F)c2c(F)c(F)c(F)c(F)c2F)c(F)c1F.c1ccc(Sc2ccc([S+](c3ccccc3)c3ccccc3)cc2)cc1. The first-order chi connectivity index (χ1) is 45.2. The molecule has 0 amide bonds. The smallest absolute Gasteiger partial charge is 0.374 e. The van der Waals surface area contributed by atoms with Crippen LogP contribution in [0.4, 0.5) is 132 Å². The molecule has 1 nitrogen and oxygen atoms in total. The van der Waals surface area contributed by atoms with Gasteiger partial charge in [-0.3, -0.25) is 0 Å². The van der Waals surface area contributed by atoms with Crippen molar-refractivity contribution in [3.63, 3.8) is 0 Å². The lowest BCUT2D eigenvalue weighted by Crippen LogP contribution is -2.74. The van der Waals surface area contributed by atoms with Crippen molar-refractivity contribution in [2.24, 2.45) is 0 Å². The minimum absolute atomic E-state index is 0.0786. The van der Waals surface area contributed by atoms with Gasteiger partial charge in [-0.1, -0.05) is 66.4 Å². The largest absolute Gasteiger partial charge is 0.490 e. The van der Waals surface area contributed by atoms with E-state index in [9.17, 15) is 26.3 Å². The molecule has 10 rings (SSSR count). The van der Waals surface area contributed by atoms with Gasteiger partial charge in [0.2, 0.25) is 0 Å². The molecule has 10 aromatic rings. The Morgan fingerprint density at radius 3 is 0.646 bits per heavy atom. The van der Waals surface area contributed by atoms with Crippen LogP contribution in [0.2, 0.25) is 0 Å². The molecule has 0 unspecified atom stereocenters. The number of hydrogen-bond acceptors (Lipinski definition) is 1. The first kappa shape index (κ1) is 70.7. The molecule has 35 heteroatoms. The Bertz CT molecular complexity index is 4120. The van der Waals surface area contributed by atoms with Gasteiger partial charge in [-0.05, 0) is 83.0 Å². The summed E-state index contributed by atoms with van der Waals surface area (Å²) in [6, 6.07) is 41.1. The summed E-state index contributed by atoms with van der Waals surface area (Å²) >= 11 is 1.80. The van der Waals surface area contributed by atoms with Gasteiger partial charge >= 0.3 is 6.28 Å². The highest BCUT2D eigenvalue weighted by molar-refractivity contribution is 7.99. The Balaban J connectivity index is 0.000000343. The third-order valence-corrected chi connectivity index (χ3v) is 17.7. The Morgan fingerprint density at radius 2 is 0.406 bits per heavy atom. The van der Waals surface area contributed by atoms with Crippen LogP contribution in [0.3, 0.4) is 0 Å². The number of nitrogens with zero attached hydrogens (tertiary/aromatic N) is 1. The van der Waals surface area contributed by atoms with E-state index in [0.717, 1.165) is 0 Å². The van der Waals surface area contributed by atoms with E-state index in [1.807, 2.05) is 0 Å². The predicted molar refractivity (Wildman–Crippen MR) is 286 cm³/mol. The van der Waals surface area contributed by atoms with Crippen molar-refractivity contribution < 1.29 is 132 Å². The van der Waals surface area contributed by atoms with Gasteiger partial charge in [0.25, 0.3) is 6.15 Å². The molecule has 496 valence electrons. The highest BCUT2D eigenvalue weighted by Gasteiger charge is 2.60. The molecule has 0 aliphatic rings. The molecule has 0 spiro atoms. The quantitative estimate of drug-likeness (QED) is 0.0411. The maximum Gasteiger partial charge on any atom is 0.490 e. The van der Waals surface area contributed by atoms with E-state index >= 15 is 105 Å². The van der Waals surface area contributed by atoms with Crippen molar-refractivity contribution in [3.8, 4) is 5.97 Å². The topological polar surface area (TPSA) is 4.36 Å². The van der Waals surface area contributed by atoms with E-state index in [1.54, 1.807) is 11.8 Å². The van der Waals surface area contributed by atoms with Crippen molar-refractivity contribution in [1.29, 1.82) is 0 Å². The summed E-state index contributed by atoms with van der Waals surface area (Å²) in [5, 5.41) is 0. The number of rotatable bonds is 11. The van der Waals surface area contributed by atoms with Gasteiger partial charge in [-0.25, -0.2) is 132 Å². The van der Waals surface area contributed by atoms with Crippen molar-refractivity contribution in [2.45, 2.75) is 24.5 Å². The molecule has 0 saturated carbocycles. The lowest BCUT2D eigenvalue weighted by molar-refractivity contribution is 0.379. The third kappa shape index (κ3) is 11.4. The molecular weight excluding hydrogens is 1400 g/mol. The molecule has 0 bridgehead atoms. The predicted octanol–water partition coefficient (Wildman–Crippen LogP) is 15.8. The minimum atomic E-state index is -7.91. The van der Waals surface area contributed by atoms with Crippen molar-refractivity contribution in [1.82, 2.24) is 0 Å². The summed E-state index contributed by atoms with van der Waals surface area (Å²) in [6.45, 7) is 0. The Labute approximate surface area is 522 Å². The van der Waals surface area contributed by atoms with E-state index in [0.29, 0.717) is 0 Å². The van der Waals surface area contributed by atoms with Crippen LogP contribution in [0.1, 0.15) is 0 Å². The second-order valence-corrected chi connectivity index (χ2v) is 22.8. The molecule has 0 atom stereocenters. The van der Waals surface area contributed by atoms with Crippen LogP contribution in [-0.4, -0.2) is 12.4 Å². The third-order valence-electron chi connectivity index (χ3n) is 14.5. The molecule has 0 fully saturated rings. The van der Waals surface area contributed by atoms with Crippen LogP contribution in [0.25, 0.3) is 4.76 Å². The molecular formula is C61H19B2F30NS2. The van der Waals surface area contributed by atoms with E-state index < -0.39 is 220 Å². The highest BCUT2D eigenvalue weighted by atomic mass is 32.2. The average molecular weight is 1420 g/mol. The van der Waals surface area contributed by atoms with Gasteiger partial charge in [0.05, 0.1) is 10.9 Å². The summed E-state index contributed by atoms with van der Waals surface area (Å²) in [7, 11) is -0.0786. The first-order valence-corrected chi connectivity index (χ1v) is 27.8. The lowest BCUT2D eigenvalue weighted by atomic mass is 9.15. The van der Waals surface area contributed by atoms with Gasteiger partial charge in [-0.15, -0.1) is 16.4 Å². The van der Waals surface area contributed by atoms with E-state index in [-0.39, 0.29) is 16.9 Å². The number of benzene rings is 10. The molecule has 0 saturated heterocycles. The highest BCUT2D eigenvalue weighted by Crippen LogP contribution is 2.36. The molecule has 0 radical (unpaired) electrons. The molecule has 10 aromatic carbocycles. The van der Waals surface area contributed by atoms with Crippen molar-refractivity contribution >= 4 is 67.9 Å². The molecule has 0 aromatic heterocycles. The number of hydrogen-bond donors (Lipinski definition) is 0. The van der Waals surface area contributed by atoms with E-state index in [1.165, 1.54) is 24.5 Å². The molecule has 0 N–H and O–H groups in total. The van der Waals surface area contributed by atoms with Gasteiger partial charge in [0.1, 0.15) is 69.8 Å². The summed E-state index contributed by atoms with van der Waals surface area (Å²) in [6.07, 6.45) is -15.7. The van der Waals surface area contributed by atoms with Crippen LogP contribution in [0.15, 0.2) is 140 Å². The van der Waals surface area contributed by atoms with Crippen LogP contribution in [0, 0.1) is 180 Å². The van der Waals surface area contributed by atoms with Crippen molar-refractivity contribution in [2.75, 3.05) is 0 Å². The normalized spacial score (nSPS) is 11.7. The maximum absolute atomic E-state index is 16.2. The summed E-state index contributed by atoms with van der Waals surface area (Å²) in [5.74, 6) is -118. The van der Waals surface area contributed by atoms with Crippen LogP contribution in [0.5, 0.6) is 0 Å². The number of halogens is 30. The average Bonchev–Trinajstić information content (AvgIpc) is 0.697. The van der Waals surface area contributed by atoms with Crippen LogP contribution >= 0.6 is 11.8 Å². The standard InChI is InChI=1S/C37B2F30N.C24H19S2/c40-8-2(9(41)21(53)32(64)20(8)52)38(3-10(42)22(54)33(65)23(55)11(3)43,4-12(44)24(56)34(66)25(57)13(4)45)1-70-39(5-14(46)26(58)35(67)27(59)15(5)47,6-16(48)28(60)36(68)29(61)17(6)49)7-18(50)30(62)37(69)31(63)19(7)51;1-4-10-20(11-5-1)25-21-16-18-24(19-17-21)26(22-12-6-2-7-13-22)23-14-8-3-9-15-23/h;1-19H/q-1;+1. The van der Waals surface area contributed by atoms with Crippen LogP contribution in [-0.2, 0) is 10.9 Å². The summed E-state index contributed by atoms with van der Waals surface area (Å²) in [4.78, 5) is 6.58. The van der Waals surface area contributed by atoms with Crippen molar-refractivity contribution in [3.05, 3.63) is 295 Å². The fraction of sp³-hybridized carbons (Fsp3) is 0.